The Morgan fingerprint density at radius 2 is 2.22 bits per heavy atom. The van der Waals surface area contributed by atoms with Crippen LogP contribution in [0.3, 0.4) is 0 Å². The standard InChI is InChI=1S/C15H18N2O/c16-10-12-2-1-3-13(8-12)11-17-14-9-15(14)4-6-18-7-5-15/h1-3,8,14,17H,4-7,9,11H2/t14-/m0/s1. The molecule has 1 atom stereocenters. The van der Waals surface area contributed by atoms with E-state index in [2.05, 4.69) is 17.5 Å². The zero-order chi connectivity index (χ0) is 12.4. The number of benzene rings is 1. The Balaban J connectivity index is 1.55. The van der Waals surface area contributed by atoms with Crippen LogP contribution in [-0.4, -0.2) is 19.3 Å². The van der Waals surface area contributed by atoms with Gasteiger partial charge in [0.05, 0.1) is 11.6 Å². The smallest absolute Gasteiger partial charge is 0.0991 e. The first-order chi connectivity index (χ1) is 8.82. The molecule has 3 heteroatoms. The summed E-state index contributed by atoms with van der Waals surface area (Å²) in [7, 11) is 0. The summed E-state index contributed by atoms with van der Waals surface area (Å²) < 4.78 is 5.42. The van der Waals surface area contributed by atoms with Crippen molar-refractivity contribution in [1.29, 1.82) is 5.26 Å². The summed E-state index contributed by atoms with van der Waals surface area (Å²) in [6, 6.07) is 10.7. The Hall–Kier alpha value is -1.37. The van der Waals surface area contributed by atoms with E-state index in [4.69, 9.17) is 10.00 Å². The predicted molar refractivity (Wildman–Crippen MR) is 68.9 cm³/mol. The van der Waals surface area contributed by atoms with Crippen molar-refractivity contribution in [2.75, 3.05) is 13.2 Å². The topological polar surface area (TPSA) is 45.0 Å². The van der Waals surface area contributed by atoms with E-state index in [1.165, 1.54) is 24.8 Å². The van der Waals surface area contributed by atoms with Gasteiger partial charge in [-0.15, -0.1) is 0 Å². The van der Waals surface area contributed by atoms with Crippen molar-refractivity contribution in [2.45, 2.75) is 31.8 Å². The largest absolute Gasteiger partial charge is 0.381 e. The molecule has 94 valence electrons. The van der Waals surface area contributed by atoms with Gasteiger partial charge >= 0.3 is 0 Å². The summed E-state index contributed by atoms with van der Waals surface area (Å²) in [6.07, 6.45) is 3.68. The lowest BCUT2D eigenvalue weighted by Crippen LogP contribution is -2.27. The summed E-state index contributed by atoms with van der Waals surface area (Å²) >= 11 is 0. The molecule has 18 heavy (non-hydrogen) atoms. The van der Waals surface area contributed by atoms with Gasteiger partial charge in [0.2, 0.25) is 0 Å². The molecule has 3 rings (SSSR count). The molecule has 0 amide bonds. The highest BCUT2D eigenvalue weighted by atomic mass is 16.5. The van der Waals surface area contributed by atoms with Crippen molar-refractivity contribution >= 4 is 0 Å². The van der Waals surface area contributed by atoms with Crippen molar-refractivity contribution in [2.24, 2.45) is 5.41 Å². The highest BCUT2D eigenvalue weighted by molar-refractivity contribution is 5.32. The minimum Gasteiger partial charge on any atom is -0.381 e. The molecule has 0 aromatic heterocycles. The lowest BCUT2D eigenvalue weighted by molar-refractivity contribution is 0.0543. The second-order valence-electron chi connectivity index (χ2n) is 5.42. The van der Waals surface area contributed by atoms with Crippen molar-refractivity contribution in [3.63, 3.8) is 0 Å². The molecule has 3 nitrogen and oxygen atoms in total. The lowest BCUT2D eigenvalue weighted by atomic mass is 9.96. The SMILES string of the molecule is N#Cc1cccc(CN[C@H]2CC23CCOCC3)c1. The highest BCUT2D eigenvalue weighted by Gasteiger charge is 2.53. The van der Waals surface area contributed by atoms with Gasteiger partial charge in [0.1, 0.15) is 0 Å². The van der Waals surface area contributed by atoms with E-state index in [-0.39, 0.29) is 0 Å². The molecular weight excluding hydrogens is 224 g/mol. The molecule has 0 bridgehead atoms. The maximum Gasteiger partial charge on any atom is 0.0991 e. The fourth-order valence-electron chi connectivity index (χ4n) is 2.96. The molecule has 2 fully saturated rings. The van der Waals surface area contributed by atoms with Crippen LogP contribution >= 0.6 is 0 Å². The minimum absolute atomic E-state index is 0.519. The molecule has 1 saturated heterocycles. The Morgan fingerprint density at radius 1 is 1.39 bits per heavy atom. The van der Waals surface area contributed by atoms with E-state index in [0.29, 0.717) is 11.5 Å². The average molecular weight is 242 g/mol. The molecule has 1 heterocycles. The van der Waals surface area contributed by atoms with E-state index >= 15 is 0 Å². The predicted octanol–water partition coefficient (Wildman–Crippen LogP) is 2.22. The zero-order valence-corrected chi connectivity index (χ0v) is 10.5. The number of nitrogens with one attached hydrogen (secondary N) is 1. The Morgan fingerprint density at radius 3 is 3.00 bits per heavy atom. The van der Waals surface area contributed by atoms with Crippen LogP contribution in [0, 0.1) is 16.7 Å². The maximum absolute atomic E-state index is 8.87. The van der Waals surface area contributed by atoms with Gasteiger partial charge in [-0.2, -0.15) is 5.26 Å². The van der Waals surface area contributed by atoms with E-state index in [9.17, 15) is 0 Å². The van der Waals surface area contributed by atoms with Crippen LogP contribution in [0.4, 0.5) is 0 Å². The molecule has 1 aromatic rings. The van der Waals surface area contributed by atoms with Crippen LogP contribution < -0.4 is 5.32 Å². The minimum atomic E-state index is 0.519. The monoisotopic (exact) mass is 242 g/mol. The summed E-state index contributed by atoms with van der Waals surface area (Å²) in [4.78, 5) is 0. The summed E-state index contributed by atoms with van der Waals surface area (Å²) in [6.45, 7) is 2.70. The summed E-state index contributed by atoms with van der Waals surface area (Å²) in [5, 5.41) is 12.5. The maximum atomic E-state index is 8.87. The van der Waals surface area contributed by atoms with Crippen LogP contribution in [0.15, 0.2) is 24.3 Å². The Labute approximate surface area is 108 Å². The van der Waals surface area contributed by atoms with Gasteiger partial charge in [0.15, 0.2) is 0 Å². The molecule has 2 aliphatic rings. The number of nitrogens with zero attached hydrogens (tertiary/aromatic N) is 1. The third-order valence-corrected chi connectivity index (χ3v) is 4.29. The highest BCUT2D eigenvalue weighted by Crippen LogP contribution is 2.53. The molecule has 1 aromatic carbocycles. The van der Waals surface area contributed by atoms with Crippen molar-refractivity contribution in [3.05, 3.63) is 35.4 Å². The number of rotatable bonds is 3. The molecular formula is C15H18N2O. The van der Waals surface area contributed by atoms with Crippen LogP contribution in [-0.2, 0) is 11.3 Å². The van der Waals surface area contributed by atoms with Crippen molar-refractivity contribution in [1.82, 2.24) is 5.32 Å². The van der Waals surface area contributed by atoms with E-state index < -0.39 is 0 Å². The van der Waals surface area contributed by atoms with Crippen molar-refractivity contribution in [3.8, 4) is 6.07 Å². The van der Waals surface area contributed by atoms with Crippen LogP contribution in [0.25, 0.3) is 0 Å². The molecule has 1 N–H and O–H groups in total. The number of nitriles is 1. The molecule has 1 aliphatic carbocycles. The Bertz CT molecular complexity index is 472. The van der Waals surface area contributed by atoms with Crippen molar-refractivity contribution < 1.29 is 4.74 Å². The van der Waals surface area contributed by atoms with E-state index in [1.54, 1.807) is 0 Å². The van der Waals surface area contributed by atoms with Crippen LogP contribution in [0.1, 0.15) is 30.4 Å². The Kier molecular flexibility index (Phi) is 3.07. The van der Waals surface area contributed by atoms with Gasteiger partial charge in [-0.3, -0.25) is 0 Å². The molecule has 0 radical (unpaired) electrons. The van der Waals surface area contributed by atoms with Gasteiger partial charge in [0, 0.05) is 25.8 Å². The second-order valence-corrected chi connectivity index (χ2v) is 5.42. The van der Waals surface area contributed by atoms with E-state index in [0.717, 1.165) is 25.3 Å². The van der Waals surface area contributed by atoms with Crippen LogP contribution in [0.5, 0.6) is 0 Å². The van der Waals surface area contributed by atoms with Gasteiger partial charge < -0.3 is 10.1 Å². The fraction of sp³-hybridized carbons (Fsp3) is 0.533. The second kappa shape index (κ2) is 4.72. The third-order valence-electron chi connectivity index (χ3n) is 4.29. The fourth-order valence-corrected chi connectivity index (χ4v) is 2.96. The molecule has 1 spiro atoms. The molecule has 1 aliphatic heterocycles. The normalized spacial score (nSPS) is 24.7. The van der Waals surface area contributed by atoms with Gasteiger partial charge in [-0.1, -0.05) is 12.1 Å². The first-order valence-corrected chi connectivity index (χ1v) is 6.63. The van der Waals surface area contributed by atoms with Gasteiger partial charge in [0.25, 0.3) is 0 Å². The summed E-state index contributed by atoms with van der Waals surface area (Å²) in [5.41, 5.74) is 2.46. The van der Waals surface area contributed by atoms with Gasteiger partial charge in [-0.05, 0) is 42.4 Å². The zero-order valence-electron chi connectivity index (χ0n) is 10.5. The lowest BCUT2D eigenvalue weighted by Gasteiger charge is -2.23. The van der Waals surface area contributed by atoms with Crippen LogP contribution in [0.2, 0.25) is 0 Å². The summed E-state index contributed by atoms with van der Waals surface area (Å²) in [5.74, 6) is 0. The van der Waals surface area contributed by atoms with Gasteiger partial charge in [-0.25, -0.2) is 0 Å². The number of hydrogen-bond acceptors (Lipinski definition) is 3. The average Bonchev–Trinajstić information content (AvgIpc) is 3.10. The third kappa shape index (κ3) is 2.27. The quantitative estimate of drug-likeness (QED) is 0.884. The molecule has 0 unspecified atom stereocenters. The first-order valence-electron chi connectivity index (χ1n) is 6.63. The first kappa shape index (κ1) is 11.7. The van der Waals surface area contributed by atoms with E-state index in [1.807, 2.05) is 18.2 Å². The molecule has 1 saturated carbocycles. The number of ether oxygens (including phenoxy) is 1. The number of hydrogen-bond donors (Lipinski definition) is 1.